The van der Waals surface area contributed by atoms with Crippen LogP contribution >= 0.6 is 0 Å². The van der Waals surface area contributed by atoms with Crippen molar-refractivity contribution in [1.29, 1.82) is 0 Å². The molecule has 1 aliphatic rings. The molecule has 1 aliphatic heterocycles. The van der Waals surface area contributed by atoms with Crippen LogP contribution in [-0.4, -0.2) is 20.2 Å². The fourth-order valence-electron chi connectivity index (χ4n) is 2.83. The molecule has 100 valence electrons. The third kappa shape index (κ3) is 2.46. The van der Waals surface area contributed by atoms with Gasteiger partial charge < -0.3 is 15.4 Å². The van der Waals surface area contributed by atoms with Crippen molar-refractivity contribution in [2.45, 2.75) is 32.7 Å². The zero-order valence-electron chi connectivity index (χ0n) is 11.6. The Morgan fingerprint density at radius 3 is 2.83 bits per heavy atom. The smallest absolute Gasteiger partial charge is 0.125 e. The van der Waals surface area contributed by atoms with Crippen molar-refractivity contribution in [2.75, 3.05) is 25.1 Å². The highest BCUT2D eigenvalue weighted by Crippen LogP contribution is 2.36. The van der Waals surface area contributed by atoms with Gasteiger partial charge in [-0.15, -0.1) is 0 Å². The van der Waals surface area contributed by atoms with E-state index in [9.17, 15) is 0 Å². The summed E-state index contributed by atoms with van der Waals surface area (Å²) in [5.74, 6) is 1.72. The molecule has 1 unspecified atom stereocenters. The minimum atomic E-state index is -0.00294. The van der Waals surface area contributed by atoms with Crippen molar-refractivity contribution < 1.29 is 4.74 Å². The molecule has 18 heavy (non-hydrogen) atoms. The summed E-state index contributed by atoms with van der Waals surface area (Å²) < 4.78 is 5.45. The molecule has 0 radical (unpaired) electrons. The molecule has 1 saturated heterocycles. The fraction of sp³-hybridized carbons (Fsp3) is 0.600. The molecule has 0 amide bonds. The van der Waals surface area contributed by atoms with Gasteiger partial charge in [0.05, 0.1) is 7.11 Å². The zero-order chi connectivity index (χ0) is 13.1. The van der Waals surface area contributed by atoms with Crippen molar-refractivity contribution in [3.05, 3.63) is 23.8 Å². The van der Waals surface area contributed by atoms with Gasteiger partial charge in [0.25, 0.3) is 0 Å². The highest BCUT2D eigenvalue weighted by Gasteiger charge is 2.25. The third-order valence-corrected chi connectivity index (χ3v) is 3.92. The Kier molecular flexibility index (Phi) is 4.12. The van der Waals surface area contributed by atoms with Crippen LogP contribution in [0.25, 0.3) is 0 Å². The van der Waals surface area contributed by atoms with E-state index in [2.05, 4.69) is 24.0 Å². The van der Waals surface area contributed by atoms with Crippen molar-refractivity contribution in [3.8, 4) is 5.75 Å². The SMILES string of the molecule is CCC1CCN(c2cccc(OC)c2[C@H](C)N)C1. The van der Waals surface area contributed by atoms with Crippen molar-refractivity contribution in [1.82, 2.24) is 0 Å². The topological polar surface area (TPSA) is 38.5 Å². The van der Waals surface area contributed by atoms with Crippen LogP contribution in [0.5, 0.6) is 5.75 Å². The van der Waals surface area contributed by atoms with Crippen LogP contribution in [0.2, 0.25) is 0 Å². The van der Waals surface area contributed by atoms with Crippen LogP contribution < -0.4 is 15.4 Å². The summed E-state index contributed by atoms with van der Waals surface area (Å²) in [6, 6.07) is 6.21. The van der Waals surface area contributed by atoms with E-state index in [0.717, 1.165) is 30.3 Å². The largest absolute Gasteiger partial charge is 0.496 e. The molecule has 0 saturated carbocycles. The summed E-state index contributed by atoms with van der Waals surface area (Å²) in [5.41, 5.74) is 8.51. The maximum atomic E-state index is 6.12. The summed E-state index contributed by atoms with van der Waals surface area (Å²) >= 11 is 0. The Labute approximate surface area is 110 Å². The van der Waals surface area contributed by atoms with Gasteiger partial charge in [-0.1, -0.05) is 19.4 Å². The highest BCUT2D eigenvalue weighted by atomic mass is 16.5. The Morgan fingerprint density at radius 1 is 1.50 bits per heavy atom. The highest BCUT2D eigenvalue weighted by molar-refractivity contribution is 5.61. The van der Waals surface area contributed by atoms with Crippen LogP contribution in [0, 0.1) is 5.92 Å². The van der Waals surface area contributed by atoms with Gasteiger partial charge in [-0.2, -0.15) is 0 Å². The molecule has 1 heterocycles. The lowest BCUT2D eigenvalue weighted by Crippen LogP contribution is -2.23. The second kappa shape index (κ2) is 5.61. The summed E-state index contributed by atoms with van der Waals surface area (Å²) in [6.07, 6.45) is 2.54. The fourth-order valence-corrected chi connectivity index (χ4v) is 2.83. The molecular weight excluding hydrogens is 224 g/mol. The summed E-state index contributed by atoms with van der Waals surface area (Å²) in [4.78, 5) is 2.45. The Morgan fingerprint density at radius 2 is 2.28 bits per heavy atom. The molecule has 0 bridgehead atoms. The molecule has 0 aliphatic carbocycles. The lowest BCUT2D eigenvalue weighted by atomic mass is 10.0. The summed E-state index contributed by atoms with van der Waals surface area (Å²) in [5, 5.41) is 0. The van der Waals surface area contributed by atoms with Gasteiger partial charge in [0.2, 0.25) is 0 Å². The van der Waals surface area contributed by atoms with Gasteiger partial charge >= 0.3 is 0 Å². The second-order valence-electron chi connectivity index (χ2n) is 5.19. The number of rotatable bonds is 4. The second-order valence-corrected chi connectivity index (χ2v) is 5.19. The monoisotopic (exact) mass is 248 g/mol. The van der Waals surface area contributed by atoms with E-state index in [1.165, 1.54) is 18.5 Å². The average Bonchev–Trinajstić information content (AvgIpc) is 2.86. The van der Waals surface area contributed by atoms with Gasteiger partial charge in [-0.3, -0.25) is 0 Å². The van der Waals surface area contributed by atoms with E-state index in [1.807, 2.05) is 13.0 Å². The maximum absolute atomic E-state index is 6.12. The molecule has 3 heteroatoms. The van der Waals surface area contributed by atoms with Gasteiger partial charge in [-0.05, 0) is 31.4 Å². The van der Waals surface area contributed by atoms with Crippen molar-refractivity contribution >= 4 is 5.69 Å². The van der Waals surface area contributed by atoms with Crippen LogP contribution in [0.15, 0.2) is 18.2 Å². The van der Waals surface area contributed by atoms with Gasteiger partial charge in [0.1, 0.15) is 5.75 Å². The van der Waals surface area contributed by atoms with E-state index in [1.54, 1.807) is 7.11 Å². The lowest BCUT2D eigenvalue weighted by Gasteiger charge is -2.25. The predicted molar refractivity (Wildman–Crippen MR) is 76.2 cm³/mol. The molecule has 2 N–H and O–H groups in total. The van der Waals surface area contributed by atoms with Crippen LogP contribution in [0.4, 0.5) is 5.69 Å². The quantitative estimate of drug-likeness (QED) is 0.890. The van der Waals surface area contributed by atoms with E-state index >= 15 is 0 Å². The maximum Gasteiger partial charge on any atom is 0.125 e. The standard InChI is InChI=1S/C15H24N2O/c1-4-12-8-9-17(10-12)13-6-5-7-14(18-3)15(13)11(2)16/h5-7,11-12H,4,8-10,16H2,1-3H3/t11-,12?/m0/s1. The number of nitrogens with two attached hydrogens (primary N) is 1. The Balaban J connectivity index is 2.32. The predicted octanol–water partition coefficient (Wildman–Crippen LogP) is 2.95. The minimum Gasteiger partial charge on any atom is -0.496 e. The normalized spacial score (nSPS) is 21.1. The van der Waals surface area contributed by atoms with E-state index in [-0.39, 0.29) is 6.04 Å². The lowest BCUT2D eigenvalue weighted by molar-refractivity contribution is 0.407. The minimum absolute atomic E-state index is 0.00294. The van der Waals surface area contributed by atoms with Gasteiger partial charge in [0.15, 0.2) is 0 Å². The van der Waals surface area contributed by atoms with E-state index in [4.69, 9.17) is 10.5 Å². The number of methoxy groups -OCH3 is 1. The summed E-state index contributed by atoms with van der Waals surface area (Å²) in [7, 11) is 1.71. The number of nitrogens with zero attached hydrogens (tertiary/aromatic N) is 1. The average molecular weight is 248 g/mol. The molecule has 3 nitrogen and oxygen atoms in total. The molecule has 2 atom stereocenters. The number of ether oxygens (including phenoxy) is 1. The number of hydrogen-bond acceptors (Lipinski definition) is 3. The molecule has 1 fully saturated rings. The van der Waals surface area contributed by atoms with E-state index < -0.39 is 0 Å². The summed E-state index contributed by atoms with van der Waals surface area (Å²) in [6.45, 7) is 6.57. The van der Waals surface area contributed by atoms with Crippen LogP contribution in [0.3, 0.4) is 0 Å². The first-order chi connectivity index (χ1) is 8.67. The molecule has 2 rings (SSSR count). The molecule has 1 aromatic rings. The first-order valence-corrected chi connectivity index (χ1v) is 6.84. The van der Waals surface area contributed by atoms with E-state index in [0.29, 0.717) is 0 Å². The number of anilines is 1. The molecular formula is C15H24N2O. The van der Waals surface area contributed by atoms with Crippen LogP contribution in [0.1, 0.15) is 38.3 Å². The van der Waals surface area contributed by atoms with Gasteiger partial charge in [-0.25, -0.2) is 0 Å². The Bertz CT molecular complexity index is 403. The van der Waals surface area contributed by atoms with Crippen molar-refractivity contribution in [2.24, 2.45) is 11.7 Å². The van der Waals surface area contributed by atoms with Crippen LogP contribution in [-0.2, 0) is 0 Å². The number of hydrogen-bond donors (Lipinski definition) is 1. The zero-order valence-corrected chi connectivity index (χ0v) is 11.6. The first-order valence-electron chi connectivity index (χ1n) is 6.84. The Hall–Kier alpha value is -1.22. The molecule has 0 spiro atoms. The molecule has 1 aromatic carbocycles. The van der Waals surface area contributed by atoms with Gasteiger partial charge in [0, 0.05) is 30.4 Å². The van der Waals surface area contributed by atoms with Crippen molar-refractivity contribution in [3.63, 3.8) is 0 Å². The third-order valence-electron chi connectivity index (χ3n) is 3.92. The first kappa shape index (κ1) is 13.2. The number of benzene rings is 1. The molecule has 0 aromatic heterocycles.